The second-order valence-electron chi connectivity index (χ2n) is 5.08. The molecule has 1 N–H and O–H groups in total. The highest BCUT2D eigenvalue weighted by Gasteiger charge is 2.30. The number of benzene rings is 1. The number of ether oxygens (including phenoxy) is 1. The molecule has 18 heavy (non-hydrogen) atoms. The van der Waals surface area contributed by atoms with E-state index in [4.69, 9.17) is 17.0 Å². The summed E-state index contributed by atoms with van der Waals surface area (Å²) in [4.78, 5) is 3.28. The zero-order chi connectivity index (χ0) is 12.8. The number of H-pyrrole nitrogens is 1. The molecule has 0 spiro atoms. The molecule has 5 heteroatoms. The first-order chi connectivity index (χ1) is 8.57. The monoisotopic (exact) mass is 374 g/mol. The Hall–Kier alpha value is -0.400. The summed E-state index contributed by atoms with van der Waals surface area (Å²) in [5, 5.41) is 0. The number of nitrogens with zero attached hydrogens (tertiary/aromatic N) is 1. The van der Waals surface area contributed by atoms with Crippen LogP contribution < -0.4 is 0 Å². The molecule has 2 aromatic rings. The van der Waals surface area contributed by atoms with Gasteiger partial charge in [-0.1, -0.05) is 0 Å². The van der Waals surface area contributed by atoms with Gasteiger partial charge in [-0.05, 0) is 72.8 Å². The second kappa shape index (κ2) is 4.61. The molecule has 1 aliphatic rings. The molecule has 1 fully saturated rings. The fourth-order valence-electron chi connectivity index (χ4n) is 2.59. The zero-order valence-corrected chi connectivity index (χ0v) is 13.2. The number of halogens is 1. The number of fused-ring (bicyclic) bond motifs is 1. The van der Waals surface area contributed by atoms with Crippen molar-refractivity contribution in [3.63, 3.8) is 0 Å². The second-order valence-corrected chi connectivity index (χ2v) is 6.71. The van der Waals surface area contributed by atoms with E-state index in [1.807, 2.05) is 0 Å². The van der Waals surface area contributed by atoms with Gasteiger partial charge < -0.3 is 14.3 Å². The lowest BCUT2D eigenvalue weighted by Gasteiger charge is -2.23. The van der Waals surface area contributed by atoms with Crippen LogP contribution in [0.25, 0.3) is 11.0 Å². The van der Waals surface area contributed by atoms with Gasteiger partial charge in [0.05, 0.1) is 23.2 Å². The van der Waals surface area contributed by atoms with Crippen molar-refractivity contribution in [2.45, 2.75) is 31.9 Å². The van der Waals surface area contributed by atoms with Gasteiger partial charge in [0.15, 0.2) is 4.77 Å². The highest BCUT2D eigenvalue weighted by atomic mass is 127. The first-order valence-electron chi connectivity index (χ1n) is 6.09. The van der Waals surface area contributed by atoms with Gasteiger partial charge in [-0.15, -0.1) is 0 Å². The van der Waals surface area contributed by atoms with Gasteiger partial charge in [0, 0.05) is 10.2 Å². The Morgan fingerprint density at radius 2 is 2.39 bits per heavy atom. The first kappa shape index (κ1) is 12.6. The largest absolute Gasteiger partial charge is 0.373 e. The van der Waals surface area contributed by atoms with Gasteiger partial charge in [-0.25, -0.2) is 0 Å². The summed E-state index contributed by atoms with van der Waals surface area (Å²) in [7, 11) is 0. The van der Waals surface area contributed by atoms with E-state index < -0.39 is 0 Å². The quantitative estimate of drug-likeness (QED) is 0.639. The van der Waals surface area contributed by atoms with E-state index in [1.54, 1.807) is 0 Å². The number of aromatic nitrogens is 2. The maximum Gasteiger partial charge on any atom is 0.178 e. The molecule has 0 amide bonds. The van der Waals surface area contributed by atoms with Gasteiger partial charge in [-0.2, -0.15) is 0 Å². The normalized spacial score (nSPS) is 23.9. The number of aromatic amines is 1. The van der Waals surface area contributed by atoms with Gasteiger partial charge in [0.25, 0.3) is 0 Å². The summed E-state index contributed by atoms with van der Waals surface area (Å²) >= 11 is 7.74. The van der Waals surface area contributed by atoms with Crippen molar-refractivity contribution in [1.82, 2.24) is 9.55 Å². The standard InChI is InChI=1S/C13H15IN2OS/c1-13(5-2-6-17-13)8-16-11-4-3-9(14)7-10(11)15-12(16)18/h3-4,7H,2,5-6,8H2,1H3,(H,15,18). The van der Waals surface area contributed by atoms with Crippen molar-refractivity contribution < 1.29 is 4.74 Å². The average molecular weight is 374 g/mol. The maximum absolute atomic E-state index is 5.86. The van der Waals surface area contributed by atoms with E-state index in [0.717, 1.165) is 41.8 Å². The molecule has 0 aliphatic carbocycles. The van der Waals surface area contributed by atoms with Crippen molar-refractivity contribution in [2.75, 3.05) is 6.61 Å². The molecule has 1 unspecified atom stereocenters. The Morgan fingerprint density at radius 3 is 3.11 bits per heavy atom. The van der Waals surface area contributed by atoms with E-state index in [0.29, 0.717) is 0 Å². The number of rotatable bonds is 2. The number of hydrogen-bond donors (Lipinski definition) is 1. The topological polar surface area (TPSA) is 29.9 Å². The summed E-state index contributed by atoms with van der Waals surface area (Å²) in [6.07, 6.45) is 2.25. The predicted octanol–water partition coefficient (Wildman–Crippen LogP) is 3.87. The molecular formula is C13H15IN2OS. The smallest absolute Gasteiger partial charge is 0.178 e. The third kappa shape index (κ3) is 2.23. The Labute approximate surface area is 125 Å². The summed E-state index contributed by atoms with van der Waals surface area (Å²) in [5.41, 5.74) is 2.20. The molecule has 0 bridgehead atoms. The van der Waals surface area contributed by atoms with E-state index in [1.165, 1.54) is 3.57 Å². The number of hydrogen-bond acceptors (Lipinski definition) is 2. The minimum absolute atomic E-state index is 0.0731. The van der Waals surface area contributed by atoms with Crippen LogP contribution in [0.5, 0.6) is 0 Å². The van der Waals surface area contributed by atoms with Crippen LogP contribution >= 0.6 is 34.8 Å². The van der Waals surface area contributed by atoms with Gasteiger partial charge in [-0.3, -0.25) is 0 Å². The van der Waals surface area contributed by atoms with Crippen molar-refractivity contribution in [3.8, 4) is 0 Å². The lowest BCUT2D eigenvalue weighted by atomic mass is 10.0. The van der Waals surface area contributed by atoms with Gasteiger partial charge in [0.2, 0.25) is 0 Å². The molecule has 1 aromatic heterocycles. The summed E-state index contributed by atoms with van der Waals surface area (Å²) < 4.78 is 10.0. The average Bonchev–Trinajstić information content (AvgIpc) is 2.85. The van der Waals surface area contributed by atoms with Crippen LogP contribution in [-0.4, -0.2) is 21.8 Å². The highest BCUT2D eigenvalue weighted by Crippen LogP contribution is 2.28. The summed E-state index contributed by atoms with van der Waals surface area (Å²) in [5.74, 6) is 0. The third-order valence-electron chi connectivity index (χ3n) is 3.53. The first-order valence-corrected chi connectivity index (χ1v) is 7.58. The Morgan fingerprint density at radius 1 is 1.56 bits per heavy atom. The fourth-order valence-corrected chi connectivity index (χ4v) is 3.35. The Balaban J connectivity index is 2.06. The SMILES string of the molecule is CC1(Cn2c(=S)[nH]c3cc(I)ccc32)CCCO1. The van der Waals surface area contributed by atoms with Crippen LogP contribution in [0.3, 0.4) is 0 Å². The van der Waals surface area contributed by atoms with Crippen LogP contribution in [0.15, 0.2) is 18.2 Å². The van der Waals surface area contributed by atoms with E-state index in [2.05, 4.69) is 57.3 Å². The molecule has 1 aliphatic heterocycles. The molecule has 1 atom stereocenters. The van der Waals surface area contributed by atoms with Crippen LogP contribution in [-0.2, 0) is 11.3 Å². The molecule has 96 valence electrons. The van der Waals surface area contributed by atoms with E-state index in [9.17, 15) is 0 Å². The Kier molecular flexibility index (Phi) is 3.23. The van der Waals surface area contributed by atoms with Crippen LogP contribution in [0, 0.1) is 8.34 Å². The maximum atomic E-state index is 5.86. The molecular weight excluding hydrogens is 359 g/mol. The zero-order valence-electron chi connectivity index (χ0n) is 10.2. The lowest BCUT2D eigenvalue weighted by Crippen LogP contribution is -2.29. The molecule has 2 heterocycles. The van der Waals surface area contributed by atoms with E-state index >= 15 is 0 Å². The predicted molar refractivity (Wildman–Crippen MR) is 83.4 cm³/mol. The fraction of sp³-hybridized carbons (Fsp3) is 0.462. The molecule has 1 aromatic carbocycles. The molecule has 1 saturated heterocycles. The van der Waals surface area contributed by atoms with Crippen LogP contribution in [0.2, 0.25) is 0 Å². The van der Waals surface area contributed by atoms with Crippen molar-refractivity contribution >= 4 is 45.8 Å². The van der Waals surface area contributed by atoms with Crippen molar-refractivity contribution in [3.05, 3.63) is 26.5 Å². The summed E-state index contributed by atoms with van der Waals surface area (Å²) in [6.45, 7) is 3.86. The summed E-state index contributed by atoms with van der Waals surface area (Å²) in [6, 6.07) is 6.36. The lowest BCUT2D eigenvalue weighted by molar-refractivity contribution is 0.00679. The van der Waals surface area contributed by atoms with Crippen LogP contribution in [0.4, 0.5) is 0 Å². The minimum atomic E-state index is -0.0731. The van der Waals surface area contributed by atoms with Crippen molar-refractivity contribution in [1.29, 1.82) is 0 Å². The minimum Gasteiger partial charge on any atom is -0.373 e. The molecule has 3 nitrogen and oxygen atoms in total. The van der Waals surface area contributed by atoms with Gasteiger partial charge >= 0.3 is 0 Å². The van der Waals surface area contributed by atoms with Crippen LogP contribution in [0.1, 0.15) is 19.8 Å². The number of imidazole rings is 1. The molecule has 3 rings (SSSR count). The Bertz CT molecular complexity index is 640. The number of nitrogens with one attached hydrogen (secondary N) is 1. The van der Waals surface area contributed by atoms with Gasteiger partial charge in [0.1, 0.15) is 0 Å². The highest BCUT2D eigenvalue weighted by molar-refractivity contribution is 14.1. The third-order valence-corrected chi connectivity index (χ3v) is 4.52. The van der Waals surface area contributed by atoms with Crippen molar-refractivity contribution in [2.24, 2.45) is 0 Å². The molecule has 0 radical (unpaired) electrons. The van der Waals surface area contributed by atoms with E-state index in [-0.39, 0.29) is 5.60 Å². The molecule has 0 saturated carbocycles.